The number of aliphatic hydroxyl groups excluding tert-OH is 1. The van der Waals surface area contributed by atoms with Gasteiger partial charge in [-0.1, -0.05) is 6.92 Å². The normalized spacial score (nSPS) is 32.5. The lowest BCUT2D eigenvalue weighted by Crippen LogP contribution is -2.44. The van der Waals surface area contributed by atoms with E-state index in [-0.39, 0.29) is 23.8 Å². The van der Waals surface area contributed by atoms with E-state index in [9.17, 15) is 14.7 Å². The summed E-state index contributed by atoms with van der Waals surface area (Å²) in [6.07, 6.45) is 3.19. The van der Waals surface area contributed by atoms with Gasteiger partial charge in [-0.3, -0.25) is 14.5 Å². The monoisotopic (exact) mass is 225 g/mol. The Bertz CT molecular complexity index is 285. The van der Waals surface area contributed by atoms with Gasteiger partial charge in [-0.05, 0) is 31.1 Å². The zero-order valence-corrected chi connectivity index (χ0v) is 9.69. The summed E-state index contributed by atoms with van der Waals surface area (Å²) in [4.78, 5) is 24.9. The lowest BCUT2D eigenvalue weighted by molar-refractivity contribution is -0.150. The van der Waals surface area contributed by atoms with Gasteiger partial charge in [0.15, 0.2) is 0 Å². The molecule has 0 aromatic rings. The summed E-state index contributed by atoms with van der Waals surface area (Å²) in [5.74, 6) is 0.414. The molecule has 0 spiro atoms. The molecule has 1 aliphatic carbocycles. The maximum Gasteiger partial charge on any atom is 0.229 e. The molecule has 4 nitrogen and oxygen atoms in total. The van der Waals surface area contributed by atoms with Gasteiger partial charge in [-0.25, -0.2) is 0 Å². The minimum absolute atomic E-state index is 0.0369. The predicted molar refractivity (Wildman–Crippen MR) is 58.5 cm³/mol. The number of carbonyl (C=O) groups is 2. The number of imide groups is 1. The second kappa shape index (κ2) is 4.53. The third kappa shape index (κ3) is 2.43. The number of carbonyl (C=O) groups excluding carboxylic acids is 2. The Kier molecular flexibility index (Phi) is 3.28. The molecule has 0 aromatic heterocycles. The van der Waals surface area contributed by atoms with Crippen LogP contribution in [0.15, 0.2) is 0 Å². The van der Waals surface area contributed by atoms with Gasteiger partial charge in [0, 0.05) is 19.4 Å². The zero-order valence-electron chi connectivity index (χ0n) is 9.69. The lowest BCUT2D eigenvalue weighted by atomic mass is 9.96. The number of likely N-dealkylation sites (tertiary alicyclic amines) is 1. The first-order chi connectivity index (χ1) is 7.56. The van der Waals surface area contributed by atoms with Gasteiger partial charge in [0.2, 0.25) is 11.8 Å². The summed E-state index contributed by atoms with van der Waals surface area (Å²) in [5.41, 5.74) is 0. The Morgan fingerprint density at radius 2 is 1.88 bits per heavy atom. The van der Waals surface area contributed by atoms with Crippen molar-refractivity contribution in [2.75, 3.05) is 6.54 Å². The third-order valence-electron chi connectivity index (χ3n) is 3.60. The Morgan fingerprint density at radius 1 is 1.25 bits per heavy atom. The van der Waals surface area contributed by atoms with E-state index in [1.54, 1.807) is 0 Å². The number of hydrogen-bond acceptors (Lipinski definition) is 3. The average Bonchev–Trinajstić information content (AvgIpc) is 2.58. The van der Waals surface area contributed by atoms with Crippen LogP contribution in [0.3, 0.4) is 0 Å². The molecular weight excluding hydrogens is 206 g/mol. The van der Waals surface area contributed by atoms with Crippen LogP contribution in [-0.4, -0.2) is 34.5 Å². The van der Waals surface area contributed by atoms with Crippen molar-refractivity contribution in [1.82, 2.24) is 4.90 Å². The Hall–Kier alpha value is -0.900. The van der Waals surface area contributed by atoms with Gasteiger partial charge < -0.3 is 5.11 Å². The number of amides is 2. The molecule has 2 atom stereocenters. The molecule has 1 N–H and O–H groups in total. The van der Waals surface area contributed by atoms with E-state index in [1.807, 2.05) is 6.92 Å². The van der Waals surface area contributed by atoms with Crippen LogP contribution < -0.4 is 0 Å². The number of aliphatic hydroxyl groups is 1. The van der Waals surface area contributed by atoms with Crippen LogP contribution >= 0.6 is 0 Å². The summed E-state index contributed by atoms with van der Waals surface area (Å²) in [6, 6.07) is 0. The van der Waals surface area contributed by atoms with Crippen molar-refractivity contribution < 1.29 is 14.7 Å². The van der Waals surface area contributed by atoms with E-state index in [0.29, 0.717) is 25.3 Å². The molecule has 4 heteroatoms. The van der Waals surface area contributed by atoms with Crippen LogP contribution in [0, 0.1) is 11.8 Å². The van der Waals surface area contributed by atoms with Crippen LogP contribution in [-0.2, 0) is 9.59 Å². The van der Waals surface area contributed by atoms with Crippen LogP contribution in [0.2, 0.25) is 0 Å². The van der Waals surface area contributed by atoms with Crippen molar-refractivity contribution in [3.63, 3.8) is 0 Å². The fourth-order valence-electron chi connectivity index (χ4n) is 2.70. The van der Waals surface area contributed by atoms with Crippen LogP contribution in [0.25, 0.3) is 0 Å². The molecule has 1 heterocycles. The summed E-state index contributed by atoms with van der Waals surface area (Å²) in [6.45, 7) is 2.45. The fourth-order valence-corrected chi connectivity index (χ4v) is 2.70. The van der Waals surface area contributed by atoms with Crippen LogP contribution in [0.1, 0.15) is 39.0 Å². The minimum atomic E-state index is -0.237. The van der Waals surface area contributed by atoms with E-state index in [4.69, 9.17) is 0 Å². The van der Waals surface area contributed by atoms with Crippen molar-refractivity contribution in [2.24, 2.45) is 11.8 Å². The SMILES string of the molecule is CC1CC(=O)N(CC2CCC(O)C2)C(=O)C1. The molecule has 0 aromatic carbocycles. The van der Waals surface area contributed by atoms with E-state index in [0.717, 1.165) is 19.3 Å². The smallest absolute Gasteiger partial charge is 0.229 e. The quantitative estimate of drug-likeness (QED) is 0.711. The third-order valence-corrected chi connectivity index (χ3v) is 3.60. The topological polar surface area (TPSA) is 57.6 Å². The average molecular weight is 225 g/mol. The summed E-state index contributed by atoms with van der Waals surface area (Å²) in [7, 11) is 0. The zero-order chi connectivity index (χ0) is 11.7. The van der Waals surface area contributed by atoms with E-state index in [1.165, 1.54) is 4.90 Å². The molecule has 2 amide bonds. The van der Waals surface area contributed by atoms with Crippen molar-refractivity contribution in [3.05, 3.63) is 0 Å². The highest BCUT2D eigenvalue weighted by Gasteiger charge is 2.33. The van der Waals surface area contributed by atoms with Crippen LogP contribution in [0.5, 0.6) is 0 Å². The lowest BCUT2D eigenvalue weighted by Gasteiger charge is -2.30. The minimum Gasteiger partial charge on any atom is -0.393 e. The Labute approximate surface area is 95.6 Å². The largest absolute Gasteiger partial charge is 0.393 e. The highest BCUT2D eigenvalue weighted by molar-refractivity contribution is 5.97. The first-order valence-electron chi connectivity index (χ1n) is 6.07. The van der Waals surface area contributed by atoms with Gasteiger partial charge in [-0.15, -0.1) is 0 Å². The highest BCUT2D eigenvalue weighted by Crippen LogP contribution is 2.28. The van der Waals surface area contributed by atoms with E-state index in [2.05, 4.69) is 0 Å². The molecule has 2 unspecified atom stereocenters. The first-order valence-corrected chi connectivity index (χ1v) is 6.07. The highest BCUT2D eigenvalue weighted by atomic mass is 16.3. The Morgan fingerprint density at radius 3 is 2.38 bits per heavy atom. The fraction of sp³-hybridized carbons (Fsp3) is 0.833. The molecule has 2 rings (SSSR count). The molecule has 16 heavy (non-hydrogen) atoms. The summed E-state index contributed by atoms with van der Waals surface area (Å²) >= 11 is 0. The molecule has 0 bridgehead atoms. The van der Waals surface area contributed by atoms with Gasteiger partial charge >= 0.3 is 0 Å². The van der Waals surface area contributed by atoms with Gasteiger partial charge in [0.05, 0.1) is 6.10 Å². The van der Waals surface area contributed by atoms with E-state index >= 15 is 0 Å². The summed E-state index contributed by atoms with van der Waals surface area (Å²) < 4.78 is 0. The molecule has 0 radical (unpaired) electrons. The molecule has 1 saturated carbocycles. The van der Waals surface area contributed by atoms with E-state index < -0.39 is 0 Å². The first kappa shape index (κ1) is 11.6. The molecule has 90 valence electrons. The number of nitrogens with zero attached hydrogens (tertiary/aromatic N) is 1. The second-order valence-electron chi connectivity index (χ2n) is 5.24. The number of piperidine rings is 1. The van der Waals surface area contributed by atoms with Crippen LogP contribution in [0.4, 0.5) is 0 Å². The van der Waals surface area contributed by atoms with Gasteiger partial charge in [-0.2, -0.15) is 0 Å². The molecule has 2 fully saturated rings. The van der Waals surface area contributed by atoms with Crippen molar-refractivity contribution >= 4 is 11.8 Å². The molecule has 1 aliphatic heterocycles. The standard InChI is InChI=1S/C12H19NO3/c1-8-4-11(15)13(12(16)5-8)7-9-2-3-10(14)6-9/h8-10,14H,2-7H2,1H3. The maximum atomic E-state index is 11.7. The van der Waals surface area contributed by atoms with Crippen molar-refractivity contribution in [3.8, 4) is 0 Å². The summed E-state index contributed by atoms with van der Waals surface area (Å²) in [5, 5.41) is 9.41. The predicted octanol–water partition coefficient (Wildman–Crippen LogP) is 0.933. The number of rotatable bonds is 2. The molecule has 2 aliphatic rings. The van der Waals surface area contributed by atoms with Crippen molar-refractivity contribution in [2.45, 2.75) is 45.1 Å². The Balaban J connectivity index is 1.93. The van der Waals surface area contributed by atoms with Gasteiger partial charge in [0.25, 0.3) is 0 Å². The maximum absolute atomic E-state index is 11.7. The second-order valence-corrected chi connectivity index (χ2v) is 5.24. The molecule has 1 saturated heterocycles. The number of hydrogen-bond donors (Lipinski definition) is 1. The van der Waals surface area contributed by atoms with Gasteiger partial charge in [0.1, 0.15) is 0 Å². The van der Waals surface area contributed by atoms with Crippen molar-refractivity contribution in [1.29, 1.82) is 0 Å². The molecular formula is C12H19NO3.